The number of allylic oxidation sites excluding steroid dienone is 2. The van der Waals surface area contributed by atoms with E-state index in [0.717, 1.165) is 0 Å². The van der Waals surface area contributed by atoms with Gasteiger partial charge in [0.1, 0.15) is 11.4 Å². The van der Waals surface area contributed by atoms with Gasteiger partial charge in [-0.3, -0.25) is 0 Å². The van der Waals surface area contributed by atoms with E-state index in [2.05, 4.69) is 21.4 Å². The van der Waals surface area contributed by atoms with Crippen LogP contribution in [0.2, 0.25) is 0 Å². The molecule has 1 aliphatic heterocycles. The second-order valence-corrected chi connectivity index (χ2v) is 3.04. The Morgan fingerprint density at radius 2 is 2.38 bits per heavy atom. The molecule has 0 radical (unpaired) electrons. The molecule has 3 unspecified atom stereocenters. The van der Waals surface area contributed by atoms with Crippen LogP contribution in [0.5, 0.6) is 0 Å². The third kappa shape index (κ3) is 0.489. The van der Waals surface area contributed by atoms with Crippen LogP contribution < -0.4 is 0 Å². The van der Waals surface area contributed by atoms with E-state index in [1.165, 1.54) is 0 Å². The number of epoxide rings is 1. The minimum absolute atomic E-state index is 0.00521. The SMILES string of the molecule is PC12C=CC=CC1O2. The van der Waals surface area contributed by atoms with Gasteiger partial charge in [0.05, 0.1) is 0 Å². The molecule has 2 rings (SSSR count). The highest BCUT2D eigenvalue weighted by Gasteiger charge is 2.49. The summed E-state index contributed by atoms with van der Waals surface area (Å²) in [5.41, 5.74) is 0. The minimum atomic E-state index is -0.00521. The van der Waals surface area contributed by atoms with Gasteiger partial charge in [-0.1, -0.05) is 27.5 Å². The van der Waals surface area contributed by atoms with Crippen LogP contribution in [-0.4, -0.2) is 11.4 Å². The van der Waals surface area contributed by atoms with Crippen molar-refractivity contribution in [1.29, 1.82) is 0 Å². The van der Waals surface area contributed by atoms with E-state index in [4.69, 9.17) is 4.74 Å². The van der Waals surface area contributed by atoms with Gasteiger partial charge in [-0.25, -0.2) is 0 Å². The number of hydrogen-bond donors (Lipinski definition) is 0. The third-order valence-electron chi connectivity index (χ3n) is 1.47. The van der Waals surface area contributed by atoms with Gasteiger partial charge in [-0.15, -0.1) is 0 Å². The Balaban J connectivity index is 2.33. The lowest BCUT2D eigenvalue weighted by Gasteiger charge is -1.96. The number of fused-ring (bicyclic) bond motifs is 1. The molecule has 0 amide bonds. The number of ether oxygens (including phenoxy) is 1. The molecule has 0 aromatic carbocycles. The number of hydrogen-bond acceptors (Lipinski definition) is 1. The molecular formula is C6H7OP. The molecule has 0 N–H and O–H groups in total. The van der Waals surface area contributed by atoms with Crippen LogP contribution in [0.15, 0.2) is 24.3 Å². The molecule has 1 fully saturated rings. The minimum Gasteiger partial charge on any atom is -0.353 e. The summed E-state index contributed by atoms with van der Waals surface area (Å²) in [6.07, 6.45) is 8.49. The van der Waals surface area contributed by atoms with Crippen LogP contribution in [0.1, 0.15) is 0 Å². The Morgan fingerprint density at radius 3 is 2.88 bits per heavy atom. The summed E-state index contributed by atoms with van der Waals surface area (Å²) in [4.78, 5) is 0. The molecule has 0 saturated carbocycles. The average Bonchev–Trinajstić information content (AvgIpc) is 2.39. The zero-order chi connectivity index (χ0) is 5.61. The van der Waals surface area contributed by atoms with E-state index in [1.807, 2.05) is 12.2 Å². The lowest BCUT2D eigenvalue weighted by atomic mass is 10.2. The van der Waals surface area contributed by atoms with Crippen LogP contribution >= 0.6 is 9.24 Å². The highest BCUT2D eigenvalue weighted by Crippen LogP contribution is 2.46. The molecule has 0 bridgehead atoms. The molecule has 1 nitrogen and oxygen atoms in total. The second-order valence-electron chi connectivity index (χ2n) is 2.14. The standard InChI is InChI=1S/C6H7OP/c8-6-4-2-1-3-5(6)7-6/h1-5H,8H2. The normalized spacial score (nSPS) is 48.9. The summed E-state index contributed by atoms with van der Waals surface area (Å²) in [5, 5.41) is -0.00521. The quantitative estimate of drug-likeness (QED) is 0.349. The van der Waals surface area contributed by atoms with Crippen molar-refractivity contribution in [3.8, 4) is 0 Å². The Kier molecular flexibility index (Phi) is 0.726. The first-order chi connectivity index (χ1) is 3.81. The van der Waals surface area contributed by atoms with E-state index in [0.29, 0.717) is 6.10 Å². The maximum absolute atomic E-state index is 5.25. The van der Waals surface area contributed by atoms with Crippen molar-refractivity contribution in [3.63, 3.8) is 0 Å². The molecule has 1 heterocycles. The summed E-state index contributed by atoms with van der Waals surface area (Å²) in [6.45, 7) is 0. The van der Waals surface area contributed by atoms with Crippen molar-refractivity contribution in [1.82, 2.24) is 0 Å². The first kappa shape index (κ1) is 4.72. The van der Waals surface area contributed by atoms with Gasteiger partial charge in [0.25, 0.3) is 0 Å². The van der Waals surface area contributed by atoms with E-state index >= 15 is 0 Å². The molecule has 2 heteroatoms. The van der Waals surface area contributed by atoms with E-state index in [1.54, 1.807) is 0 Å². The topological polar surface area (TPSA) is 12.5 Å². The van der Waals surface area contributed by atoms with E-state index in [9.17, 15) is 0 Å². The average molecular weight is 126 g/mol. The summed E-state index contributed by atoms with van der Waals surface area (Å²) < 4.78 is 5.25. The Bertz CT molecular complexity index is 173. The molecule has 0 spiro atoms. The maximum Gasteiger partial charge on any atom is 0.130 e. The predicted molar refractivity (Wildman–Crippen MR) is 35.6 cm³/mol. The second kappa shape index (κ2) is 1.23. The third-order valence-corrected chi connectivity index (χ3v) is 2.13. The Hall–Kier alpha value is -0.130. The Labute approximate surface area is 50.6 Å². The summed E-state index contributed by atoms with van der Waals surface area (Å²) in [7, 11) is 2.68. The van der Waals surface area contributed by atoms with Gasteiger partial charge < -0.3 is 4.74 Å². The fraction of sp³-hybridized carbons (Fsp3) is 0.333. The molecular weight excluding hydrogens is 119 g/mol. The van der Waals surface area contributed by atoms with E-state index in [-0.39, 0.29) is 5.34 Å². The molecule has 1 saturated heterocycles. The van der Waals surface area contributed by atoms with Crippen LogP contribution in [-0.2, 0) is 4.74 Å². The monoisotopic (exact) mass is 126 g/mol. The smallest absolute Gasteiger partial charge is 0.130 e. The summed E-state index contributed by atoms with van der Waals surface area (Å²) in [5.74, 6) is 0. The van der Waals surface area contributed by atoms with Gasteiger partial charge >= 0.3 is 0 Å². The van der Waals surface area contributed by atoms with Gasteiger partial charge in [0, 0.05) is 0 Å². The molecule has 0 aromatic heterocycles. The fourth-order valence-electron chi connectivity index (χ4n) is 0.881. The highest BCUT2D eigenvalue weighted by atomic mass is 31.0. The predicted octanol–water partition coefficient (Wildman–Crippen LogP) is 1.08. The van der Waals surface area contributed by atoms with Crippen LogP contribution in [0.25, 0.3) is 0 Å². The summed E-state index contributed by atoms with van der Waals surface area (Å²) in [6, 6.07) is 0. The molecule has 42 valence electrons. The zero-order valence-electron chi connectivity index (χ0n) is 4.37. The molecule has 8 heavy (non-hydrogen) atoms. The van der Waals surface area contributed by atoms with Crippen molar-refractivity contribution < 1.29 is 4.74 Å². The van der Waals surface area contributed by atoms with E-state index < -0.39 is 0 Å². The lowest BCUT2D eigenvalue weighted by molar-refractivity contribution is 0.399. The van der Waals surface area contributed by atoms with Crippen molar-refractivity contribution in [2.75, 3.05) is 0 Å². The maximum atomic E-state index is 5.25. The zero-order valence-corrected chi connectivity index (χ0v) is 5.53. The van der Waals surface area contributed by atoms with Crippen LogP contribution in [0.3, 0.4) is 0 Å². The van der Waals surface area contributed by atoms with Gasteiger partial charge in [0.2, 0.25) is 0 Å². The van der Waals surface area contributed by atoms with Gasteiger partial charge in [0.15, 0.2) is 0 Å². The Morgan fingerprint density at radius 1 is 1.50 bits per heavy atom. The fourth-order valence-corrected chi connectivity index (χ4v) is 1.25. The van der Waals surface area contributed by atoms with Crippen LogP contribution in [0, 0.1) is 0 Å². The van der Waals surface area contributed by atoms with Crippen molar-refractivity contribution in [3.05, 3.63) is 24.3 Å². The van der Waals surface area contributed by atoms with Gasteiger partial charge in [-0.05, 0) is 6.08 Å². The first-order valence-corrected chi connectivity index (χ1v) is 3.22. The molecule has 2 aliphatic rings. The van der Waals surface area contributed by atoms with Crippen molar-refractivity contribution >= 4 is 9.24 Å². The largest absolute Gasteiger partial charge is 0.353 e. The van der Waals surface area contributed by atoms with Crippen LogP contribution in [0.4, 0.5) is 0 Å². The number of rotatable bonds is 0. The van der Waals surface area contributed by atoms with Crippen molar-refractivity contribution in [2.24, 2.45) is 0 Å². The van der Waals surface area contributed by atoms with Gasteiger partial charge in [-0.2, -0.15) is 0 Å². The lowest BCUT2D eigenvalue weighted by Crippen LogP contribution is -1.99. The molecule has 0 aromatic rings. The molecule has 1 aliphatic carbocycles. The summed E-state index contributed by atoms with van der Waals surface area (Å²) >= 11 is 0. The first-order valence-electron chi connectivity index (χ1n) is 2.64. The van der Waals surface area contributed by atoms with Crippen molar-refractivity contribution in [2.45, 2.75) is 11.4 Å². The molecule has 3 atom stereocenters. The highest BCUT2D eigenvalue weighted by molar-refractivity contribution is 7.19.